The number of hydrogen-bond donors (Lipinski definition) is 1. The first kappa shape index (κ1) is 12.0. The van der Waals surface area contributed by atoms with E-state index in [1.807, 2.05) is 0 Å². The monoisotopic (exact) mass is 247 g/mol. The molecule has 2 aliphatic heterocycles. The van der Waals surface area contributed by atoms with Crippen LogP contribution in [0.2, 0.25) is 0 Å². The van der Waals surface area contributed by atoms with E-state index in [1.54, 1.807) is 7.11 Å². The molecule has 3 heteroatoms. The van der Waals surface area contributed by atoms with E-state index < -0.39 is 0 Å². The van der Waals surface area contributed by atoms with Crippen LogP contribution in [0.5, 0.6) is 5.75 Å². The van der Waals surface area contributed by atoms with Crippen LogP contribution in [0.1, 0.15) is 16.7 Å². The molecule has 1 aromatic carbocycles. The first-order valence-electron chi connectivity index (χ1n) is 6.62. The molecule has 0 aliphatic carbocycles. The summed E-state index contributed by atoms with van der Waals surface area (Å²) >= 11 is 0. The molecule has 3 rings (SSSR count). The molecule has 2 saturated heterocycles. The first-order chi connectivity index (χ1) is 8.69. The van der Waals surface area contributed by atoms with Crippen LogP contribution in [0, 0.1) is 19.8 Å². The normalized spacial score (nSPS) is 22.2. The van der Waals surface area contributed by atoms with E-state index in [1.165, 1.54) is 16.7 Å². The number of benzene rings is 1. The highest BCUT2D eigenvalue weighted by Crippen LogP contribution is 2.44. The molecule has 0 radical (unpaired) electrons. The number of methoxy groups -OCH3 is 1. The third kappa shape index (κ3) is 1.50. The SMILES string of the molecule is COc1ccc(C2(C3CNC3)COC2)c(C)c1C. The van der Waals surface area contributed by atoms with Crippen molar-refractivity contribution in [1.29, 1.82) is 0 Å². The lowest BCUT2D eigenvalue weighted by molar-refractivity contribution is -0.101. The van der Waals surface area contributed by atoms with Crippen molar-refractivity contribution in [1.82, 2.24) is 5.32 Å². The smallest absolute Gasteiger partial charge is 0.122 e. The van der Waals surface area contributed by atoms with Crippen molar-refractivity contribution < 1.29 is 9.47 Å². The second-order valence-corrected chi connectivity index (χ2v) is 5.57. The maximum Gasteiger partial charge on any atom is 0.122 e. The van der Waals surface area contributed by atoms with E-state index in [-0.39, 0.29) is 5.41 Å². The Kier molecular flexibility index (Phi) is 2.83. The van der Waals surface area contributed by atoms with Crippen LogP contribution in [0.15, 0.2) is 12.1 Å². The summed E-state index contributed by atoms with van der Waals surface area (Å²) < 4.78 is 10.9. The van der Waals surface area contributed by atoms with Gasteiger partial charge in [0.1, 0.15) is 5.75 Å². The Morgan fingerprint density at radius 2 is 1.94 bits per heavy atom. The van der Waals surface area contributed by atoms with E-state index in [4.69, 9.17) is 9.47 Å². The van der Waals surface area contributed by atoms with Gasteiger partial charge in [-0.3, -0.25) is 0 Å². The molecular weight excluding hydrogens is 226 g/mol. The quantitative estimate of drug-likeness (QED) is 0.883. The molecule has 0 amide bonds. The summed E-state index contributed by atoms with van der Waals surface area (Å²) in [4.78, 5) is 0. The Balaban J connectivity index is 2.03. The molecule has 0 aromatic heterocycles. The predicted molar refractivity (Wildman–Crippen MR) is 71.3 cm³/mol. The van der Waals surface area contributed by atoms with Crippen molar-refractivity contribution in [3.05, 3.63) is 28.8 Å². The minimum Gasteiger partial charge on any atom is -0.496 e. The molecule has 0 saturated carbocycles. The van der Waals surface area contributed by atoms with E-state index in [2.05, 4.69) is 31.3 Å². The van der Waals surface area contributed by atoms with Crippen molar-refractivity contribution in [2.24, 2.45) is 5.92 Å². The topological polar surface area (TPSA) is 30.5 Å². The van der Waals surface area contributed by atoms with Crippen LogP contribution < -0.4 is 10.1 Å². The van der Waals surface area contributed by atoms with Crippen LogP contribution in [0.4, 0.5) is 0 Å². The van der Waals surface area contributed by atoms with Gasteiger partial charge in [0.2, 0.25) is 0 Å². The van der Waals surface area contributed by atoms with Crippen LogP contribution >= 0.6 is 0 Å². The van der Waals surface area contributed by atoms with Gasteiger partial charge >= 0.3 is 0 Å². The standard InChI is InChI=1S/C15H21NO2/c1-10-11(2)14(17-3)5-4-13(10)15(8-18-9-15)12-6-16-7-12/h4-5,12,16H,6-9H2,1-3H3. The van der Waals surface area contributed by atoms with Crippen LogP contribution in [0.3, 0.4) is 0 Å². The zero-order valence-corrected chi connectivity index (χ0v) is 11.4. The second kappa shape index (κ2) is 4.25. The summed E-state index contributed by atoms with van der Waals surface area (Å²) in [5.74, 6) is 1.70. The van der Waals surface area contributed by atoms with Gasteiger partial charge in [-0.2, -0.15) is 0 Å². The predicted octanol–water partition coefficient (Wildman–Crippen LogP) is 1.80. The van der Waals surface area contributed by atoms with Crippen molar-refractivity contribution in [2.75, 3.05) is 33.4 Å². The van der Waals surface area contributed by atoms with Gasteiger partial charge in [0.15, 0.2) is 0 Å². The van der Waals surface area contributed by atoms with Crippen molar-refractivity contribution in [3.8, 4) is 5.75 Å². The molecule has 2 heterocycles. The van der Waals surface area contributed by atoms with Gasteiger partial charge in [0, 0.05) is 18.5 Å². The first-order valence-corrected chi connectivity index (χ1v) is 6.62. The van der Waals surface area contributed by atoms with Crippen molar-refractivity contribution in [3.63, 3.8) is 0 Å². The highest BCUT2D eigenvalue weighted by atomic mass is 16.5. The van der Waals surface area contributed by atoms with Gasteiger partial charge in [-0.15, -0.1) is 0 Å². The zero-order valence-electron chi connectivity index (χ0n) is 11.4. The maximum absolute atomic E-state index is 5.54. The van der Waals surface area contributed by atoms with Crippen molar-refractivity contribution >= 4 is 0 Å². The van der Waals surface area contributed by atoms with Gasteiger partial charge in [-0.1, -0.05) is 6.07 Å². The Morgan fingerprint density at radius 3 is 2.39 bits per heavy atom. The van der Waals surface area contributed by atoms with E-state index >= 15 is 0 Å². The molecule has 0 spiro atoms. The fourth-order valence-corrected chi connectivity index (χ4v) is 3.17. The third-order valence-electron chi connectivity index (χ3n) is 4.78. The van der Waals surface area contributed by atoms with E-state index in [9.17, 15) is 0 Å². The van der Waals surface area contributed by atoms with Crippen LogP contribution in [-0.2, 0) is 10.2 Å². The van der Waals surface area contributed by atoms with E-state index in [0.717, 1.165) is 38.0 Å². The zero-order chi connectivity index (χ0) is 12.8. The van der Waals surface area contributed by atoms with Crippen LogP contribution in [0.25, 0.3) is 0 Å². The summed E-state index contributed by atoms with van der Waals surface area (Å²) in [6.07, 6.45) is 0. The number of hydrogen-bond acceptors (Lipinski definition) is 3. The third-order valence-corrected chi connectivity index (χ3v) is 4.78. The average molecular weight is 247 g/mol. The maximum atomic E-state index is 5.54. The fourth-order valence-electron chi connectivity index (χ4n) is 3.17. The van der Waals surface area contributed by atoms with Gasteiger partial charge in [0.05, 0.1) is 20.3 Å². The lowest BCUT2D eigenvalue weighted by Crippen LogP contribution is -2.62. The molecule has 0 atom stereocenters. The molecule has 2 fully saturated rings. The van der Waals surface area contributed by atoms with Crippen LogP contribution in [-0.4, -0.2) is 33.4 Å². The fraction of sp³-hybridized carbons (Fsp3) is 0.600. The molecule has 0 bridgehead atoms. The number of nitrogens with one attached hydrogen (secondary N) is 1. The van der Waals surface area contributed by atoms with Gasteiger partial charge in [-0.25, -0.2) is 0 Å². The molecule has 2 aliphatic rings. The van der Waals surface area contributed by atoms with Gasteiger partial charge in [0.25, 0.3) is 0 Å². The van der Waals surface area contributed by atoms with Gasteiger partial charge < -0.3 is 14.8 Å². The summed E-state index contributed by atoms with van der Waals surface area (Å²) in [5.41, 5.74) is 4.32. The molecule has 1 N–H and O–H groups in total. The number of ether oxygens (including phenoxy) is 2. The second-order valence-electron chi connectivity index (χ2n) is 5.57. The average Bonchev–Trinajstić information content (AvgIpc) is 2.25. The Bertz CT molecular complexity index is 462. The minimum absolute atomic E-state index is 0.242. The number of rotatable bonds is 3. The Hall–Kier alpha value is -1.06. The summed E-state index contributed by atoms with van der Waals surface area (Å²) in [7, 11) is 1.74. The molecule has 0 unspecified atom stereocenters. The van der Waals surface area contributed by atoms with E-state index in [0.29, 0.717) is 0 Å². The Morgan fingerprint density at radius 1 is 1.22 bits per heavy atom. The highest BCUT2D eigenvalue weighted by molar-refractivity contribution is 5.48. The summed E-state index contributed by atoms with van der Waals surface area (Å²) in [6.45, 7) is 8.32. The molecule has 1 aromatic rings. The minimum atomic E-state index is 0.242. The largest absolute Gasteiger partial charge is 0.496 e. The summed E-state index contributed by atoms with van der Waals surface area (Å²) in [5, 5.41) is 3.38. The molecular formula is C15H21NO2. The lowest BCUT2D eigenvalue weighted by Gasteiger charge is -2.52. The lowest BCUT2D eigenvalue weighted by atomic mass is 9.65. The van der Waals surface area contributed by atoms with Gasteiger partial charge in [-0.05, 0) is 42.5 Å². The Labute approximate surface area is 108 Å². The molecule has 3 nitrogen and oxygen atoms in total. The van der Waals surface area contributed by atoms with Crippen molar-refractivity contribution in [2.45, 2.75) is 19.3 Å². The molecule has 98 valence electrons. The highest BCUT2D eigenvalue weighted by Gasteiger charge is 2.50. The molecule has 18 heavy (non-hydrogen) atoms. The summed E-state index contributed by atoms with van der Waals surface area (Å²) in [6, 6.07) is 4.34.